The molecule has 0 fully saturated rings. The van der Waals surface area contributed by atoms with E-state index in [2.05, 4.69) is 10.3 Å². The largest absolute Gasteiger partial charge is 0.416 e. The summed E-state index contributed by atoms with van der Waals surface area (Å²) in [6.45, 7) is 1.76. The summed E-state index contributed by atoms with van der Waals surface area (Å²) in [6, 6.07) is 9.96. The number of nitriles is 1. The lowest BCUT2D eigenvalue weighted by atomic mass is 10.0. The Morgan fingerprint density at radius 3 is 2.57 bits per heavy atom. The Balaban J connectivity index is 2.16. The molecule has 0 aliphatic rings. The lowest BCUT2D eigenvalue weighted by Gasteiger charge is -2.17. The van der Waals surface area contributed by atoms with Crippen molar-refractivity contribution in [3.63, 3.8) is 0 Å². The number of aromatic nitrogens is 1. The van der Waals surface area contributed by atoms with Crippen molar-refractivity contribution < 1.29 is 13.2 Å². The average molecular weight is 291 g/mol. The third-order valence-electron chi connectivity index (χ3n) is 2.98. The minimum atomic E-state index is -4.36. The molecule has 0 saturated heterocycles. The number of pyridine rings is 1. The van der Waals surface area contributed by atoms with E-state index in [0.717, 1.165) is 12.1 Å². The molecule has 1 heterocycles. The van der Waals surface area contributed by atoms with Gasteiger partial charge in [0.1, 0.15) is 11.8 Å². The Labute approximate surface area is 120 Å². The summed E-state index contributed by atoms with van der Waals surface area (Å²) in [5, 5.41) is 11.7. The molecule has 0 aliphatic heterocycles. The lowest BCUT2D eigenvalue weighted by molar-refractivity contribution is -0.137. The van der Waals surface area contributed by atoms with Crippen molar-refractivity contribution in [2.75, 3.05) is 5.32 Å². The standard InChI is InChI=1S/C15H12F3N3/c1-10(21-14-6-5-13(8-19)20-9-14)11-3-2-4-12(7-11)15(16,17)18/h2-7,9-10,21H,1H3. The third kappa shape index (κ3) is 3.72. The maximum absolute atomic E-state index is 12.7. The zero-order valence-electron chi connectivity index (χ0n) is 11.1. The molecule has 1 unspecified atom stereocenters. The molecule has 1 atom stereocenters. The minimum absolute atomic E-state index is 0.285. The van der Waals surface area contributed by atoms with Gasteiger partial charge in [-0.25, -0.2) is 4.98 Å². The zero-order chi connectivity index (χ0) is 15.5. The molecule has 0 spiro atoms. The number of benzene rings is 1. The molecule has 21 heavy (non-hydrogen) atoms. The molecule has 108 valence electrons. The van der Waals surface area contributed by atoms with E-state index < -0.39 is 11.7 Å². The Hall–Kier alpha value is -2.55. The van der Waals surface area contributed by atoms with E-state index in [0.29, 0.717) is 11.3 Å². The highest BCUT2D eigenvalue weighted by Gasteiger charge is 2.30. The Kier molecular flexibility index (Phi) is 4.13. The topological polar surface area (TPSA) is 48.7 Å². The van der Waals surface area contributed by atoms with Crippen molar-refractivity contribution in [2.24, 2.45) is 0 Å². The normalized spacial score (nSPS) is 12.5. The minimum Gasteiger partial charge on any atom is -0.377 e. The molecular weight excluding hydrogens is 279 g/mol. The van der Waals surface area contributed by atoms with Crippen LogP contribution in [0.3, 0.4) is 0 Å². The summed E-state index contributed by atoms with van der Waals surface area (Å²) in [6.07, 6.45) is -2.88. The molecule has 1 N–H and O–H groups in total. The van der Waals surface area contributed by atoms with Gasteiger partial charge in [0.05, 0.1) is 17.4 Å². The summed E-state index contributed by atoms with van der Waals surface area (Å²) in [5.41, 5.74) is 0.770. The first kappa shape index (κ1) is 14.9. The molecule has 0 bridgehead atoms. The maximum Gasteiger partial charge on any atom is 0.416 e. The van der Waals surface area contributed by atoms with Gasteiger partial charge in [0.15, 0.2) is 0 Å². The van der Waals surface area contributed by atoms with Crippen LogP contribution in [0.1, 0.15) is 29.8 Å². The first-order valence-electron chi connectivity index (χ1n) is 6.20. The molecule has 0 amide bonds. The van der Waals surface area contributed by atoms with Gasteiger partial charge in [-0.1, -0.05) is 12.1 Å². The molecule has 1 aromatic heterocycles. The van der Waals surface area contributed by atoms with Crippen molar-refractivity contribution in [3.8, 4) is 6.07 Å². The molecule has 0 aliphatic carbocycles. The molecule has 0 saturated carbocycles. The van der Waals surface area contributed by atoms with Gasteiger partial charge in [-0.3, -0.25) is 0 Å². The van der Waals surface area contributed by atoms with Crippen LogP contribution in [0.4, 0.5) is 18.9 Å². The number of rotatable bonds is 3. The summed E-state index contributed by atoms with van der Waals surface area (Å²) in [4.78, 5) is 3.90. The summed E-state index contributed by atoms with van der Waals surface area (Å²) >= 11 is 0. The fraction of sp³-hybridized carbons (Fsp3) is 0.200. The number of nitrogens with one attached hydrogen (secondary N) is 1. The monoisotopic (exact) mass is 291 g/mol. The predicted octanol–water partition coefficient (Wildman–Crippen LogP) is 4.15. The van der Waals surface area contributed by atoms with Crippen LogP contribution < -0.4 is 5.32 Å². The van der Waals surface area contributed by atoms with Crippen LogP contribution in [-0.2, 0) is 6.18 Å². The number of nitrogens with zero attached hydrogens (tertiary/aromatic N) is 2. The molecule has 3 nitrogen and oxygen atoms in total. The van der Waals surface area contributed by atoms with E-state index in [1.807, 2.05) is 6.07 Å². The first-order chi connectivity index (χ1) is 9.90. The molecule has 0 radical (unpaired) electrons. The van der Waals surface area contributed by atoms with Crippen LogP contribution in [0, 0.1) is 11.3 Å². The van der Waals surface area contributed by atoms with Gasteiger partial charge >= 0.3 is 6.18 Å². The second-order valence-corrected chi connectivity index (χ2v) is 4.53. The average Bonchev–Trinajstić information content (AvgIpc) is 2.47. The van der Waals surface area contributed by atoms with E-state index >= 15 is 0 Å². The number of hydrogen-bond donors (Lipinski definition) is 1. The van der Waals surface area contributed by atoms with E-state index in [1.165, 1.54) is 12.3 Å². The Bertz CT molecular complexity index is 657. The summed E-state index contributed by atoms with van der Waals surface area (Å²) < 4.78 is 38.0. The molecule has 2 rings (SSSR count). The second kappa shape index (κ2) is 5.83. The van der Waals surface area contributed by atoms with Crippen molar-refractivity contribution in [2.45, 2.75) is 19.1 Å². The highest BCUT2D eigenvalue weighted by Crippen LogP contribution is 2.31. The molecule has 1 aromatic carbocycles. The van der Waals surface area contributed by atoms with Gasteiger partial charge in [-0.05, 0) is 36.8 Å². The van der Waals surface area contributed by atoms with Crippen molar-refractivity contribution in [1.29, 1.82) is 5.26 Å². The number of alkyl halides is 3. The van der Waals surface area contributed by atoms with Gasteiger partial charge in [0.25, 0.3) is 0 Å². The van der Waals surface area contributed by atoms with Crippen LogP contribution in [0.5, 0.6) is 0 Å². The fourth-order valence-corrected chi connectivity index (χ4v) is 1.86. The zero-order valence-corrected chi connectivity index (χ0v) is 11.1. The van der Waals surface area contributed by atoms with Gasteiger partial charge in [-0.2, -0.15) is 18.4 Å². The van der Waals surface area contributed by atoms with Crippen LogP contribution in [0.2, 0.25) is 0 Å². The van der Waals surface area contributed by atoms with Gasteiger partial charge < -0.3 is 5.32 Å². The first-order valence-corrected chi connectivity index (χ1v) is 6.20. The van der Waals surface area contributed by atoms with E-state index in [-0.39, 0.29) is 11.7 Å². The number of anilines is 1. The fourth-order valence-electron chi connectivity index (χ4n) is 1.86. The molecular formula is C15H12F3N3. The van der Waals surface area contributed by atoms with Crippen molar-refractivity contribution >= 4 is 5.69 Å². The van der Waals surface area contributed by atoms with E-state index in [9.17, 15) is 13.2 Å². The van der Waals surface area contributed by atoms with Crippen LogP contribution in [-0.4, -0.2) is 4.98 Å². The van der Waals surface area contributed by atoms with Crippen molar-refractivity contribution in [3.05, 3.63) is 59.4 Å². The quantitative estimate of drug-likeness (QED) is 0.924. The maximum atomic E-state index is 12.7. The Morgan fingerprint density at radius 1 is 1.24 bits per heavy atom. The van der Waals surface area contributed by atoms with Gasteiger partial charge in [0, 0.05) is 6.04 Å². The Morgan fingerprint density at radius 2 is 2.00 bits per heavy atom. The van der Waals surface area contributed by atoms with E-state index in [4.69, 9.17) is 5.26 Å². The van der Waals surface area contributed by atoms with Gasteiger partial charge in [0.2, 0.25) is 0 Å². The van der Waals surface area contributed by atoms with Gasteiger partial charge in [-0.15, -0.1) is 0 Å². The smallest absolute Gasteiger partial charge is 0.377 e. The van der Waals surface area contributed by atoms with Crippen LogP contribution in [0.15, 0.2) is 42.6 Å². The second-order valence-electron chi connectivity index (χ2n) is 4.53. The lowest BCUT2D eigenvalue weighted by Crippen LogP contribution is -2.10. The molecule has 2 aromatic rings. The third-order valence-corrected chi connectivity index (χ3v) is 2.98. The van der Waals surface area contributed by atoms with E-state index in [1.54, 1.807) is 25.1 Å². The number of hydrogen-bond acceptors (Lipinski definition) is 3. The highest BCUT2D eigenvalue weighted by molar-refractivity contribution is 5.45. The number of halogens is 3. The predicted molar refractivity (Wildman–Crippen MR) is 72.4 cm³/mol. The van der Waals surface area contributed by atoms with Crippen LogP contribution >= 0.6 is 0 Å². The van der Waals surface area contributed by atoms with Crippen LogP contribution in [0.25, 0.3) is 0 Å². The SMILES string of the molecule is CC(Nc1ccc(C#N)nc1)c1cccc(C(F)(F)F)c1. The summed E-state index contributed by atoms with van der Waals surface area (Å²) in [5.74, 6) is 0. The summed E-state index contributed by atoms with van der Waals surface area (Å²) in [7, 11) is 0. The van der Waals surface area contributed by atoms with Crippen molar-refractivity contribution in [1.82, 2.24) is 4.98 Å². The highest BCUT2D eigenvalue weighted by atomic mass is 19.4. The molecule has 6 heteroatoms.